The van der Waals surface area contributed by atoms with E-state index < -0.39 is 5.97 Å². The number of aryl methyl sites for hydroxylation is 1. The van der Waals surface area contributed by atoms with Crippen LogP contribution in [0.2, 0.25) is 0 Å². The molecule has 9 heteroatoms. The van der Waals surface area contributed by atoms with E-state index in [2.05, 4.69) is 10.3 Å². The van der Waals surface area contributed by atoms with E-state index in [0.717, 1.165) is 26.6 Å². The number of benzene rings is 1. The lowest BCUT2D eigenvalue weighted by atomic mass is 10.1. The fourth-order valence-electron chi connectivity index (χ4n) is 3.08. The number of aromatic nitrogens is 2. The Hall–Kier alpha value is -2.62. The van der Waals surface area contributed by atoms with Crippen molar-refractivity contribution in [3.05, 3.63) is 52.7 Å². The summed E-state index contributed by atoms with van der Waals surface area (Å²) in [7, 11) is 1.96. The van der Waals surface area contributed by atoms with Gasteiger partial charge < -0.3 is 10.1 Å². The number of rotatable bonds is 7. The zero-order chi connectivity index (χ0) is 21.1. The van der Waals surface area contributed by atoms with Crippen molar-refractivity contribution in [1.82, 2.24) is 4.98 Å². The molecule has 0 fully saturated rings. The van der Waals surface area contributed by atoms with Crippen LogP contribution in [-0.2, 0) is 16.6 Å². The SMILES string of the molecule is CCOC(=O)c1c(-c2cccs2)csc1NC(=O)CSc1[nH]c2ccccc2[n+]1C. The smallest absolute Gasteiger partial charge is 0.341 e. The summed E-state index contributed by atoms with van der Waals surface area (Å²) in [4.78, 5) is 29.5. The predicted molar refractivity (Wildman–Crippen MR) is 122 cm³/mol. The summed E-state index contributed by atoms with van der Waals surface area (Å²) in [5, 5.41) is 8.15. The maximum absolute atomic E-state index is 12.6. The first kappa shape index (κ1) is 20.6. The summed E-state index contributed by atoms with van der Waals surface area (Å²) in [6, 6.07) is 11.9. The van der Waals surface area contributed by atoms with Crippen molar-refractivity contribution >= 4 is 62.3 Å². The number of fused-ring (bicyclic) bond motifs is 1. The molecule has 1 aromatic carbocycles. The van der Waals surface area contributed by atoms with Crippen molar-refractivity contribution in [2.75, 3.05) is 17.7 Å². The highest BCUT2D eigenvalue weighted by atomic mass is 32.2. The zero-order valence-electron chi connectivity index (χ0n) is 16.4. The molecule has 4 aromatic rings. The summed E-state index contributed by atoms with van der Waals surface area (Å²) in [5.74, 6) is -0.384. The van der Waals surface area contributed by atoms with Gasteiger partial charge in [-0.2, -0.15) is 0 Å². The van der Waals surface area contributed by atoms with E-state index in [1.54, 1.807) is 18.3 Å². The molecular weight excluding hydrogens is 438 g/mol. The van der Waals surface area contributed by atoms with Crippen molar-refractivity contribution in [2.45, 2.75) is 12.1 Å². The molecular formula is C21H20N3O3S3+. The van der Waals surface area contributed by atoms with Gasteiger partial charge >= 0.3 is 11.1 Å². The third-order valence-corrected chi connectivity index (χ3v) is 7.32. The Balaban J connectivity index is 1.51. The average molecular weight is 459 g/mol. The Labute approximate surface area is 185 Å². The number of amides is 1. The number of H-pyrrole nitrogens is 1. The monoisotopic (exact) mass is 458 g/mol. The average Bonchev–Trinajstić information content (AvgIpc) is 3.46. The quantitative estimate of drug-likeness (QED) is 0.239. The van der Waals surface area contributed by atoms with Crippen molar-refractivity contribution in [1.29, 1.82) is 0 Å². The first-order chi connectivity index (χ1) is 14.6. The topological polar surface area (TPSA) is 75.1 Å². The van der Waals surface area contributed by atoms with Crippen LogP contribution in [0.15, 0.2) is 52.3 Å². The molecule has 6 nitrogen and oxygen atoms in total. The van der Waals surface area contributed by atoms with Gasteiger partial charge in [-0.15, -0.1) is 22.7 Å². The molecule has 2 N–H and O–H groups in total. The number of hydrogen-bond donors (Lipinski definition) is 2. The van der Waals surface area contributed by atoms with Gasteiger partial charge in [0.05, 0.1) is 19.4 Å². The molecule has 0 aliphatic heterocycles. The van der Waals surface area contributed by atoms with Crippen LogP contribution in [0.4, 0.5) is 5.00 Å². The Morgan fingerprint density at radius 1 is 1.20 bits per heavy atom. The normalized spacial score (nSPS) is 11.0. The summed E-state index contributed by atoms with van der Waals surface area (Å²) >= 11 is 4.30. The van der Waals surface area contributed by atoms with Crippen molar-refractivity contribution in [2.24, 2.45) is 7.05 Å². The first-order valence-electron chi connectivity index (χ1n) is 9.30. The van der Waals surface area contributed by atoms with Crippen LogP contribution in [0.3, 0.4) is 0 Å². The fourth-order valence-corrected chi connectivity index (χ4v) is 5.68. The molecule has 0 bridgehead atoms. The summed E-state index contributed by atoms with van der Waals surface area (Å²) in [6.07, 6.45) is 0. The highest BCUT2D eigenvalue weighted by molar-refractivity contribution is 7.99. The van der Waals surface area contributed by atoms with Gasteiger partial charge in [0.25, 0.3) is 0 Å². The molecule has 0 aliphatic rings. The maximum Gasteiger partial charge on any atom is 0.341 e. The summed E-state index contributed by atoms with van der Waals surface area (Å²) in [5.41, 5.74) is 3.30. The number of thiophene rings is 2. The van der Waals surface area contributed by atoms with Gasteiger partial charge in [0, 0.05) is 15.8 Å². The second-order valence-electron chi connectivity index (χ2n) is 6.39. The highest BCUT2D eigenvalue weighted by Gasteiger charge is 2.24. The van der Waals surface area contributed by atoms with E-state index in [4.69, 9.17) is 4.74 Å². The molecule has 0 radical (unpaired) electrons. The number of esters is 1. The number of carbonyl (C=O) groups excluding carboxylic acids is 2. The number of anilines is 1. The second kappa shape index (κ2) is 9.03. The van der Waals surface area contributed by atoms with Crippen molar-refractivity contribution < 1.29 is 18.9 Å². The lowest BCUT2D eigenvalue weighted by molar-refractivity contribution is -0.683. The lowest BCUT2D eigenvalue weighted by Crippen LogP contribution is -2.29. The number of ether oxygens (including phenoxy) is 1. The maximum atomic E-state index is 12.6. The van der Waals surface area contributed by atoms with Gasteiger partial charge in [-0.1, -0.05) is 18.2 Å². The van der Waals surface area contributed by atoms with Crippen LogP contribution >= 0.6 is 34.4 Å². The molecule has 0 unspecified atom stereocenters. The summed E-state index contributed by atoms with van der Waals surface area (Å²) in [6.45, 7) is 2.04. The highest BCUT2D eigenvalue weighted by Crippen LogP contribution is 2.38. The van der Waals surface area contributed by atoms with Gasteiger partial charge in [0.2, 0.25) is 5.91 Å². The molecule has 0 aliphatic carbocycles. The van der Waals surface area contributed by atoms with E-state index in [-0.39, 0.29) is 18.3 Å². The number of thioether (sulfide) groups is 1. The Bertz CT molecular complexity index is 1200. The second-order valence-corrected chi connectivity index (χ2v) is 9.19. The van der Waals surface area contributed by atoms with Gasteiger partial charge in [-0.3, -0.25) is 4.79 Å². The third-order valence-electron chi connectivity index (χ3n) is 4.46. The number of carbonyl (C=O) groups is 2. The molecule has 1 amide bonds. The molecule has 0 atom stereocenters. The lowest BCUT2D eigenvalue weighted by Gasteiger charge is -2.07. The Kier molecular flexibility index (Phi) is 6.21. The minimum atomic E-state index is -0.424. The number of imidazole rings is 1. The molecule has 3 aromatic heterocycles. The van der Waals surface area contributed by atoms with Gasteiger partial charge in [-0.25, -0.2) is 14.3 Å². The van der Waals surface area contributed by atoms with Crippen LogP contribution in [0, 0.1) is 0 Å². The number of nitrogens with one attached hydrogen (secondary N) is 2. The number of aromatic amines is 1. The molecule has 3 heterocycles. The van der Waals surface area contributed by atoms with Crippen molar-refractivity contribution in [3.63, 3.8) is 0 Å². The number of para-hydroxylation sites is 2. The summed E-state index contributed by atoms with van der Waals surface area (Å²) < 4.78 is 7.26. The molecule has 0 saturated heterocycles. The molecule has 0 spiro atoms. The van der Waals surface area contributed by atoms with E-state index in [0.29, 0.717) is 10.6 Å². The van der Waals surface area contributed by atoms with E-state index in [1.165, 1.54) is 23.1 Å². The van der Waals surface area contributed by atoms with Crippen molar-refractivity contribution in [3.8, 4) is 10.4 Å². The minimum Gasteiger partial charge on any atom is -0.462 e. The van der Waals surface area contributed by atoms with E-state index >= 15 is 0 Å². The standard InChI is InChI=1S/C21H19N3O3S3/c1-3-27-20(26)18-13(16-9-6-10-28-16)11-29-19(18)23-17(25)12-30-21-22-14-7-4-5-8-15(14)24(21)2/h4-11H,3,12H2,1-2H3,(H,23,25,26)/p+1. The van der Waals surface area contributed by atoms with Crippen LogP contribution in [0.1, 0.15) is 17.3 Å². The minimum absolute atomic E-state index is 0.177. The van der Waals surface area contributed by atoms with Crippen LogP contribution in [0.5, 0.6) is 0 Å². The number of nitrogens with zero attached hydrogens (tertiary/aromatic N) is 1. The van der Waals surface area contributed by atoms with E-state index in [9.17, 15) is 9.59 Å². The van der Waals surface area contributed by atoms with Crippen LogP contribution in [-0.4, -0.2) is 29.2 Å². The molecule has 30 heavy (non-hydrogen) atoms. The van der Waals surface area contributed by atoms with Gasteiger partial charge in [0.15, 0.2) is 11.0 Å². The fraction of sp³-hybridized carbons (Fsp3) is 0.190. The molecule has 4 rings (SSSR count). The zero-order valence-corrected chi connectivity index (χ0v) is 18.9. The number of hydrogen-bond acceptors (Lipinski definition) is 6. The predicted octanol–water partition coefficient (Wildman–Crippen LogP) is 4.69. The molecule has 154 valence electrons. The Morgan fingerprint density at radius 2 is 2.03 bits per heavy atom. The van der Waals surface area contributed by atoms with Gasteiger partial charge in [0.1, 0.15) is 10.6 Å². The first-order valence-corrected chi connectivity index (χ1v) is 12.0. The van der Waals surface area contributed by atoms with Gasteiger partial charge in [-0.05, 0) is 42.3 Å². The van der Waals surface area contributed by atoms with E-state index in [1.807, 2.05) is 58.8 Å². The Morgan fingerprint density at radius 3 is 2.77 bits per heavy atom. The molecule has 0 saturated carbocycles. The third kappa shape index (κ3) is 4.14. The van der Waals surface area contributed by atoms with Crippen LogP contribution in [0.25, 0.3) is 21.5 Å². The van der Waals surface area contributed by atoms with Crippen LogP contribution < -0.4 is 9.88 Å². The largest absolute Gasteiger partial charge is 0.462 e.